The van der Waals surface area contributed by atoms with Gasteiger partial charge in [-0.3, -0.25) is 0 Å². The fourth-order valence-electron chi connectivity index (χ4n) is 2.65. The maximum Gasteiger partial charge on any atom is 0.106 e. The zero-order valence-corrected chi connectivity index (χ0v) is 12.7. The number of thiocarbonyl (C=S) groups is 1. The van der Waals surface area contributed by atoms with Gasteiger partial charge in [0.05, 0.1) is 21.9 Å². The number of fused-ring (bicyclic) bond motifs is 1. The van der Waals surface area contributed by atoms with E-state index in [1.165, 1.54) is 0 Å². The molecule has 21 heavy (non-hydrogen) atoms. The standard InChI is InChI=1S/C17H17N3S/c1-12-19-15-9-5-6-10-16(15)20(12)11-14(17(18)21)13-7-3-2-4-8-13/h2-10,14H,11H2,1H3,(H2,18,21). The molecule has 1 unspecified atom stereocenters. The first kappa shape index (κ1) is 13.8. The van der Waals surface area contributed by atoms with Crippen molar-refractivity contribution in [3.05, 3.63) is 66.0 Å². The summed E-state index contributed by atoms with van der Waals surface area (Å²) in [5.41, 5.74) is 9.24. The summed E-state index contributed by atoms with van der Waals surface area (Å²) in [6.45, 7) is 2.73. The Morgan fingerprint density at radius 3 is 2.52 bits per heavy atom. The average molecular weight is 295 g/mol. The number of nitrogens with zero attached hydrogens (tertiary/aromatic N) is 2. The first-order valence-corrected chi connectivity index (χ1v) is 7.34. The van der Waals surface area contributed by atoms with Gasteiger partial charge in [-0.25, -0.2) is 4.98 Å². The Bertz CT molecular complexity index is 777. The smallest absolute Gasteiger partial charge is 0.106 e. The Labute approximate surface area is 129 Å². The first-order valence-electron chi connectivity index (χ1n) is 6.93. The van der Waals surface area contributed by atoms with E-state index < -0.39 is 0 Å². The van der Waals surface area contributed by atoms with Gasteiger partial charge in [0.15, 0.2) is 0 Å². The molecule has 0 saturated heterocycles. The molecule has 0 aliphatic rings. The van der Waals surface area contributed by atoms with Gasteiger partial charge in [-0.1, -0.05) is 54.7 Å². The summed E-state index contributed by atoms with van der Waals surface area (Å²) >= 11 is 5.28. The largest absolute Gasteiger partial charge is 0.393 e. The fraction of sp³-hybridized carbons (Fsp3) is 0.176. The highest BCUT2D eigenvalue weighted by Gasteiger charge is 2.18. The lowest BCUT2D eigenvalue weighted by Gasteiger charge is -2.18. The molecule has 2 aromatic carbocycles. The number of imidazole rings is 1. The molecule has 0 amide bonds. The monoisotopic (exact) mass is 295 g/mol. The van der Waals surface area contributed by atoms with Crippen LogP contribution in [0.4, 0.5) is 0 Å². The molecule has 1 heterocycles. The van der Waals surface area contributed by atoms with Crippen LogP contribution in [-0.4, -0.2) is 14.5 Å². The van der Waals surface area contributed by atoms with E-state index in [-0.39, 0.29) is 5.92 Å². The van der Waals surface area contributed by atoms with Gasteiger partial charge in [0, 0.05) is 6.54 Å². The summed E-state index contributed by atoms with van der Waals surface area (Å²) in [7, 11) is 0. The number of para-hydroxylation sites is 2. The third-order valence-corrected chi connectivity index (χ3v) is 4.04. The minimum atomic E-state index is 0.0116. The summed E-state index contributed by atoms with van der Waals surface area (Å²) in [5.74, 6) is 0.992. The van der Waals surface area contributed by atoms with Gasteiger partial charge in [-0.05, 0) is 24.6 Å². The molecule has 0 aliphatic heterocycles. The van der Waals surface area contributed by atoms with Crippen LogP contribution in [0.3, 0.4) is 0 Å². The van der Waals surface area contributed by atoms with Crippen molar-refractivity contribution in [1.29, 1.82) is 0 Å². The minimum absolute atomic E-state index is 0.0116. The second-order valence-corrected chi connectivity index (χ2v) is 5.60. The molecule has 106 valence electrons. The van der Waals surface area contributed by atoms with Crippen LogP contribution in [-0.2, 0) is 6.54 Å². The molecule has 0 fully saturated rings. The number of hydrogen-bond acceptors (Lipinski definition) is 2. The van der Waals surface area contributed by atoms with Crippen LogP contribution in [0.25, 0.3) is 11.0 Å². The quantitative estimate of drug-likeness (QED) is 0.750. The van der Waals surface area contributed by atoms with Crippen molar-refractivity contribution < 1.29 is 0 Å². The fourth-order valence-corrected chi connectivity index (χ4v) is 2.86. The Kier molecular flexibility index (Phi) is 3.71. The molecule has 1 aromatic heterocycles. The van der Waals surface area contributed by atoms with E-state index in [0.717, 1.165) is 22.4 Å². The number of benzene rings is 2. The maximum atomic E-state index is 5.98. The third kappa shape index (κ3) is 2.67. The van der Waals surface area contributed by atoms with Crippen molar-refractivity contribution in [2.75, 3.05) is 0 Å². The van der Waals surface area contributed by atoms with Crippen molar-refractivity contribution in [1.82, 2.24) is 9.55 Å². The van der Waals surface area contributed by atoms with Gasteiger partial charge in [0.1, 0.15) is 5.82 Å². The van der Waals surface area contributed by atoms with E-state index in [4.69, 9.17) is 18.0 Å². The van der Waals surface area contributed by atoms with Crippen LogP contribution < -0.4 is 5.73 Å². The van der Waals surface area contributed by atoms with E-state index in [1.54, 1.807) is 0 Å². The number of rotatable bonds is 4. The molecule has 3 nitrogen and oxygen atoms in total. The van der Waals surface area contributed by atoms with Crippen LogP contribution in [0, 0.1) is 6.92 Å². The summed E-state index contributed by atoms with van der Waals surface area (Å²) in [4.78, 5) is 5.11. The molecular weight excluding hydrogens is 278 g/mol. The lowest BCUT2D eigenvalue weighted by atomic mass is 9.99. The van der Waals surface area contributed by atoms with E-state index in [0.29, 0.717) is 11.5 Å². The van der Waals surface area contributed by atoms with Crippen LogP contribution in [0.2, 0.25) is 0 Å². The van der Waals surface area contributed by atoms with E-state index >= 15 is 0 Å². The highest BCUT2D eigenvalue weighted by Crippen LogP contribution is 2.23. The molecule has 2 N–H and O–H groups in total. The summed E-state index contributed by atoms with van der Waals surface area (Å²) < 4.78 is 2.19. The van der Waals surface area contributed by atoms with Crippen molar-refractivity contribution in [2.45, 2.75) is 19.4 Å². The Balaban J connectivity index is 2.03. The topological polar surface area (TPSA) is 43.8 Å². The first-order chi connectivity index (χ1) is 10.2. The molecule has 0 saturated carbocycles. The van der Waals surface area contributed by atoms with Gasteiger partial charge in [0.25, 0.3) is 0 Å². The predicted molar refractivity (Wildman–Crippen MR) is 90.4 cm³/mol. The van der Waals surface area contributed by atoms with Crippen LogP contribution >= 0.6 is 12.2 Å². The van der Waals surface area contributed by atoms with Crippen molar-refractivity contribution in [2.24, 2.45) is 5.73 Å². The Hall–Kier alpha value is -2.20. The maximum absolute atomic E-state index is 5.98. The average Bonchev–Trinajstić information content (AvgIpc) is 2.81. The summed E-state index contributed by atoms with van der Waals surface area (Å²) in [6.07, 6.45) is 0. The Morgan fingerprint density at radius 1 is 1.14 bits per heavy atom. The van der Waals surface area contributed by atoms with Crippen LogP contribution in [0.5, 0.6) is 0 Å². The van der Waals surface area contributed by atoms with Crippen molar-refractivity contribution in [3.63, 3.8) is 0 Å². The second-order valence-electron chi connectivity index (χ2n) is 5.12. The predicted octanol–water partition coefficient (Wildman–Crippen LogP) is 3.41. The van der Waals surface area contributed by atoms with E-state index in [2.05, 4.69) is 27.8 Å². The van der Waals surface area contributed by atoms with Gasteiger partial charge in [-0.15, -0.1) is 0 Å². The van der Waals surface area contributed by atoms with Gasteiger partial charge in [0.2, 0.25) is 0 Å². The highest BCUT2D eigenvalue weighted by atomic mass is 32.1. The summed E-state index contributed by atoms with van der Waals surface area (Å²) in [6, 6.07) is 18.3. The molecule has 4 heteroatoms. The SMILES string of the molecule is Cc1nc2ccccc2n1CC(C(N)=S)c1ccccc1. The van der Waals surface area contributed by atoms with Crippen LogP contribution in [0.15, 0.2) is 54.6 Å². The number of aryl methyl sites for hydroxylation is 1. The second kappa shape index (κ2) is 5.66. The van der Waals surface area contributed by atoms with E-state index in [9.17, 15) is 0 Å². The van der Waals surface area contributed by atoms with Crippen molar-refractivity contribution in [3.8, 4) is 0 Å². The Morgan fingerprint density at radius 2 is 1.81 bits per heavy atom. The number of nitrogens with two attached hydrogens (primary N) is 1. The minimum Gasteiger partial charge on any atom is -0.393 e. The molecule has 1 atom stereocenters. The zero-order valence-electron chi connectivity index (χ0n) is 11.9. The van der Waals surface area contributed by atoms with Crippen molar-refractivity contribution >= 4 is 28.2 Å². The van der Waals surface area contributed by atoms with Gasteiger partial charge < -0.3 is 10.3 Å². The molecule has 0 spiro atoms. The summed E-state index contributed by atoms with van der Waals surface area (Å²) in [5, 5.41) is 0. The molecule has 0 radical (unpaired) electrons. The van der Waals surface area contributed by atoms with Crippen LogP contribution in [0.1, 0.15) is 17.3 Å². The van der Waals surface area contributed by atoms with Gasteiger partial charge >= 0.3 is 0 Å². The molecule has 3 aromatic rings. The zero-order chi connectivity index (χ0) is 14.8. The molecule has 0 aliphatic carbocycles. The molecule has 0 bridgehead atoms. The highest BCUT2D eigenvalue weighted by molar-refractivity contribution is 7.80. The number of aromatic nitrogens is 2. The molecular formula is C17H17N3S. The molecule has 3 rings (SSSR count). The van der Waals surface area contributed by atoms with E-state index in [1.807, 2.05) is 43.3 Å². The third-order valence-electron chi connectivity index (χ3n) is 3.76. The normalized spacial score (nSPS) is 12.4. The lowest BCUT2D eigenvalue weighted by molar-refractivity contribution is 0.658. The number of hydrogen-bond donors (Lipinski definition) is 1. The lowest BCUT2D eigenvalue weighted by Crippen LogP contribution is -2.24. The van der Waals surface area contributed by atoms with Gasteiger partial charge in [-0.2, -0.15) is 0 Å².